The molecule has 0 bridgehead atoms. The van der Waals surface area contributed by atoms with Crippen molar-refractivity contribution >= 4 is 5.95 Å². The predicted octanol–water partition coefficient (Wildman–Crippen LogP) is 0.714. The maximum Gasteiger partial charge on any atom is 0.245 e. The van der Waals surface area contributed by atoms with Gasteiger partial charge in [-0.05, 0) is 6.07 Å². The monoisotopic (exact) mass is 162 g/mol. The number of aromatic nitrogens is 3. The van der Waals surface area contributed by atoms with Gasteiger partial charge in [-0.15, -0.1) is 0 Å². The van der Waals surface area contributed by atoms with Crippen molar-refractivity contribution in [1.82, 2.24) is 15.0 Å². The highest BCUT2D eigenvalue weighted by molar-refractivity contribution is 5.47. The van der Waals surface area contributed by atoms with Crippen molar-refractivity contribution in [3.63, 3.8) is 0 Å². The highest BCUT2D eigenvalue weighted by Gasteiger charge is 2.03. The maximum absolute atomic E-state index is 5.37. The second-order valence-corrected chi connectivity index (χ2v) is 2.14. The molecule has 12 heavy (non-hydrogen) atoms. The molecule has 2 rings (SSSR count). The van der Waals surface area contributed by atoms with Gasteiger partial charge < -0.3 is 10.2 Å². The van der Waals surface area contributed by atoms with Crippen molar-refractivity contribution in [3.8, 4) is 11.6 Å². The van der Waals surface area contributed by atoms with Gasteiger partial charge in [0.1, 0.15) is 12.0 Å². The molecule has 0 unspecified atom stereocenters. The standard InChI is InChI=1S/C7H6N4O/c8-7-10-2-1-5(11-7)6-9-3-4-12-6/h1-4H,(H2,8,10,11). The lowest BCUT2D eigenvalue weighted by molar-refractivity contribution is 0.572. The van der Waals surface area contributed by atoms with Crippen molar-refractivity contribution < 1.29 is 4.42 Å². The molecule has 0 amide bonds. The lowest BCUT2D eigenvalue weighted by Crippen LogP contribution is -1.94. The zero-order chi connectivity index (χ0) is 8.39. The Morgan fingerprint density at radius 3 is 2.83 bits per heavy atom. The summed E-state index contributed by atoms with van der Waals surface area (Å²) in [7, 11) is 0. The largest absolute Gasteiger partial charge is 0.443 e. The number of hydrogen-bond acceptors (Lipinski definition) is 5. The van der Waals surface area contributed by atoms with Crippen LogP contribution < -0.4 is 5.73 Å². The van der Waals surface area contributed by atoms with E-state index in [0.717, 1.165) is 0 Å². The fraction of sp³-hybridized carbons (Fsp3) is 0. The molecule has 2 heterocycles. The van der Waals surface area contributed by atoms with Gasteiger partial charge in [0.05, 0.1) is 6.20 Å². The first-order chi connectivity index (χ1) is 5.86. The first kappa shape index (κ1) is 6.78. The van der Waals surface area contributed by atoms with E-state index in [-0.39, 0.29) is 5.95 Å². The van der Waals surface area contributed by atoms with Crippen LogP contribution in [0.2, 0.25) is 0 Å². The molecule has 5 heteroatoms. The molecule has 0 radical (unpaired) electrons. The zero-order valence-corrected chi connectivity index (χ0v) is 6.14. The molecule has 0 saturated heterocycles. The molecule has 0 atom stereocenters. The third kappa shape index (κ3) is 1.12. The van der Waals surface area contributed by atoms with Gasteiger partial charge in [-0.1, -0.05) is 0 Å². The van der Waals surface area contributed by atoms with Gasteiger partial charge in [-0.3, -0.25) is 0 Å². The second-order valence-electron chi connectivity index (χ2n) is 2.14. The van der Waals surface area contributed by atoms with Gasteiger partial charge >= 0.3 is 0 Å². The van der Waals surface area contributed by atoms with Crippen LogP contribution in [0.1, 0.15) is 0 Å². The van der Waals surface area contributed by atoms with Gasteiger partial charge in [0, 0.05) is 6.20 Å². The minimum atomic E-state index is 0.214. The summed E-state index contributed by atoms with van der Waals surface area (Å²) in [5.41, 5.74) is 5.96. The summed E-state index contributed by atoms with van der Waals surface area (Å²) in [4.78, 5) is 11.6. The van der Waals surface area contributed by atoms with Gasteiger partial charge in [0.25, 0.3) is 0 Å². The third-order valence-corrected chi connectivity index (χ3v) is 1.33. The van der Waals surface area contributed by atoms with Crippen LogP contribution in [-0.4, -0.2) is 15.0 Å². The van der Waals surface area contributed by atoms with E-state index in [1.54, 1.807) is 18.5 Å². The van der Waals surface area contributed by atoms with Gasteiger partial charge in [-0.25, -0.2) is 15.0 Å². The molecule has 0 aromatic carbocycles. The molecule has 2 N–H and O–H groups in total. The van der Waals surface area contributed by atoms with Crippen molar-refractivity contribution in [1.29, 1.82) is 0 Å². The molecule has 0 saturated carbocycles. The summed E-state index contributed by atoms with van der Waals surface area (Å²) in [5.74, 6) is 0.662. The van der Waals surface area contributed by atoms with E-state index in [1.165, 1.54) is 6.26 Å². The summed E-state index contributed by atoms with van der Waals surface area (Å²) in [5, 5.41) is 0. The fourth-order valence-corrected chi connectivity index (χ4v) is 0.843. The summed E-state index contributed by atoms with van der Waals surface area (Å²) in [6.07, 6.45) is 4.59. The number of anilines is 1. The van der Waals surface area contributed by atoms with Gasteiger partial charge in [0.15, 0.2) is 0 Å². The first-order valence-corrected chi connectivity index (χ1v) is 3.34. The quantitative estimate of drug-likeness (QED) is 0.668. The molecule has 0 fully saturated rings. The second kappa shape index (κ2) is 2.61. The highest BCUT2D eigenvalue weighted by atomic mass is 16.3. The molecule has 0 aliphatic rings. The van der Waals surface area contributed by atoms with Crippen LogP contribution in [0.3, 0.4) is 0 Å². The average molecular weight is 162 g/mol. The van der Waals surface area contributed by atoms with Crippen LogP contribution in [0, 0.1) is 0 Å². The molecule has 2 aromatic rings. The molecular weight excluding hydrogens is 156 g/mol. The van der Waals surface area contributed by atoms with Crippen molar-refractivity contribution in [3.05, 3.63) is 24.7 Å². The number of hydrogen-bond donors (Lipinski definition) is 1. The predicted molar refractivity (Wildman–Crippen MR) is 41.9 cm³/mol. The van der Waals surface area contributed by atoms with E-state index in [1.807, 2.05) is 0 Å². The lowest BCUT2D eigenvalue weighted by Gasteiger charge is -1.93. The molecule has 5 nitrogen and oxygen atoms in total. The normalized spacial score (nSPS) is 10.0. The lowest BCUT2D eigenvalue weighted by atomic mass is 10.4. The van der Waals surface area contributed by atoms with E-state index >= 15 is 0 Å². The molecule has 0 spiro atoms. The number of nitrogen functional groups attached to an aromatic ring is 1. The Bertz CT molecular complexity index is 371. The Hall–Kier alpha value is -1.91. The van der Waals surface area contributed by atoms with Crippen molar-refractivity contribution in [2.24, 2.45) is 0 Å². The van der Waals surface area contributed by atoms with E-state index in [2.05, 4.69) is 15.0 Å². The maximum atomic E-state index is 5.37. The fourth-order valence-electron chi connectivity index (χ4n) is 0.843. The summed E-state index contributed by atoms with van der Waals surface area (Å²) >= 11 is 0. The number of rotatable bonds is 1. The SMILES string of the molecule is Nc1nccc(-c2ncco2)n1. The Morgan fingerprint density at radius 1 is 1.25 bits per heavy atom. The minimum absolute atomic E-state index is 0.214. The smallest absolute Gasteiger partial charge is 0.245 e. The van der Waals surface area contributed by atoms with Crippen LogP contribution in [0.15, 0.2) is 29.1 Å². The van der Waals surface area contributed by atoms with Crippen LogP contribution in [0.5, 0.6) is 0 Å². The van der Waals surface area contributed by atoms with Crippen LogP contribution in [0.4, 0.5) is 5.95 Å². The van der Waals surface area contributed by atoms with E-state index in [0.29, 0.717) is 11.6 Å². The van der Waals surface area contributed by atoms with Crippen LogP contribution >= 0.6 is 0 Å². The molecule has 60 valence electrons. The van der Waals surface area contributed by atoms with Crippen LogP contribution in [-0.2, 0) is 0 Å². The average Bonchev–Trinajstić information content (AvgIpc) is 2.56. The number of nitrogens with zero attached hydrogens (tertiary/aromatic N) is 3. The van der Waals surface area contributed by atoms with Crippen molar-refractivity contribution in [2.45, 2.75) is 0 Å². The van der Waals surface area contributed by atoms with Crippen molar-refractivity contribution in [2.75, 3.05) is 5.73 Å². The Morgan fingerprint density at radius 2 is 2.17 bits per heavy atom. The number of oxazole rings is 1. The molecule has 0 aliphatic carbocycles. The number of nitrogens with two attached hydrogens (primary N) is 1. The Labute approximate surface area is 68.3 Å². The first-order valence-electron chi connectivity index (χ1n) is 3.34. The molecule has 2 aromatic heterocycles. The topological polar surface area (TPSA) is 77.8 Å². The summed E-state index contributed by atoms with van der Waals surface area (Å²) in [6, 6.07) is 1.68. The Balaban J connectivity index is 2.48. The van der Waals surface area contributed by atoms with E-state index < -0.39 is 0 Å². The Kier molecular flexibility index (Phi) is 1.48. The highest BCUT2D eigenvalue weighted by Crippen LogP contribution is 2.13. The van der Waals surface area contributed by atoms with Gasteiger partial charge in [-0.2, -0.15) is 0 Å². The summed E-state index contributed by atoms with van der Waals surface area (Å²) in [6.45, 7) is 0. The van der Waals surface area contributed by atoms with Gasteiger partial charge in [0.2, 0.25) is 11.8 Å². The van der Waals surface area contributed by atoms with E-state index in [4.69, 9.17) is 10.2 Å². The summed E-state index contributed by atoms with van der Waals surface area (Å²) < 4.78 is 5.02. The minimum Gasteiger partial charge on any atom is -0.443 e. The van der Waals surface area contributed by atoms with E-state index in [9.17, 15) is 0 Å². The molecular formula is C7H6N4O. The molecule has 0 aliphatic heterocycles. The third-order valence-electron chi connectivity index (χ3n) is 1.33. The zero-order valence-electron chi connectivity index (χ0n) is 6.14. The van der Waals surface area contributed by atoms with Crippen LogP contribution in [0.25, 0.3) is 11.6 Å².